The van der Waals surface area contributed by atoms with Crippen LogP contribution >= 0.6 is 0 Å². The molecule has 0 spiro atoms. The number of hydrogen-bond acceptors (Lipinski definition) is 9. The lowest BCUT2D eigenvalue weighted by Crippen LogP contribution is -2.50. The summed E-state index contributed by atoms with van der Waals surface area (Å²) in [7, 11) is 0. The van der Waals surface area contributed by atoms with Crippen LogP contribution in [0.5, 0.6) is 11.5 Å². The monoisotopic (exact) mass is 598 g/mol. The molecule has 1 saturated heterocycles. The van der Waals surface area contributed by atoms with Crippen molar-refractivity contribution in [2.45, 2.75) is 51.2 Å². The zero-order chi connectivity index (χ0) is 30.7. The first-order valence-electron chi connectivity index (χ1n) is 14.8. The number of nitrogens with zero attached hydrogens (tertiary/aromatic N) is 3. The maximum absolute atomic E-state index is 13.6. The number of piperidine rings is 1. The lowest BCUT2D eigenvalue weighted by molar-refractivity contribution is -0.136. The molecular weight excluding hydrogens is 566 g/mol. The summed E-state index contributed by atoms with van der Waals surface area (Å²) in [6, 6.07) is 15.7. The van der Waals surface area contributed by atoms with E-state index in [9.17, 15) is 24.8 Å². The lowest BCUT2D eigenvalue weighted by atomic mass is 9.83. The molecule has 0 aliphatic carbocycles. The number of ether oxygens (including phenoxy) is 2. The van der Waals surface area contributed by atoms with Gasteiger partial charge in [-0.3, -0.25) is 14.8 Å². The predicted molar refractivity (Wildman–Crippen MR) is 162 cm³/mol. The quantitative estimate of drug-likeness (QED) is 0.261. The zero-order valence-corrected chi connectivity index (χ0v) is 24.4. The first-order chi connectivity index (χ1) is 21.1. The molecule has 5 heterocycles. The van der Waals surface area contributed by atoms with Gasteiger partial charge in [0.2, 0.25) is 0 Å². The van der Waals surface area contributed by atoms with Crippen LogP contribution in [0.15, 0.2) is 68.6 Å². The minimum absolute atomic E-state index is 0.0103. The number of likely N-dealkylation sites (tertiary alicyclic amines) is 1. The van der Waals surface area contributed by atoms with E-state index in [-0.39, 0.29) is 30.0 Å². The fourth-order valence-electron chi connectivity index (χ4n) is 6.92. The average Bonchev–Trinajstić information content (AvgIpc) is 2.99. The summed E-state index contributed by atoms with van der Waals surface area (Å²) in [6.45, 7) is 4.93. The number of fused-ring (bicyclic) bond motifs is 7. The van der Waals surface area contributed by atoms with Gasteiger partial charge in [0.1, 0.15) is 28.4 Å². The van der Waals surface area contributed by atoms with Crippen LogP contribution in [0, 0.1) is 11.1 Å². The molecule has 2 aromatic heterocycles. The van der Waals surface area contributed by atoms with E-state index in [1.54, 1.807) is 17.0 Å². The van der Waals surface area contributed by atoms with Crippen LogP contribution in [0.1, 0.15) is 43.9 Å². The highest BCUT2D eigenvalue weighted by Crippen LogP contribution is 2.45. The summed E-state index contributed by atoms with van der Waals surface area (Å²) in [4.78, 5) is 40.9. The minimum Gasteiger partial charge on any atom is -0.733 e. The first kappa shape index (κ1) is 28.2. The number of aryl methyl sites for hydroxylation is 1. The second kappa shape index (κ2) is 10.5. The Kier molecular flexibility index (Phi) is 6.74. The summed E-state index contributed by atoms with van der Waals surface area (Å²) >= 11 is 0. The van der Waals surface area contributed by atoms with Gasteiger partial charge in [-0.25, -0.2) is 4.79 Å². The summed E-state index contributed by atoms with van der Waals surface area (Å²) in [6.07, 6.45) is 2.22. The number of aromatic nitrogens is 1. The van der Waals surface area contributed by atoms with E-state index in [2.05, 4.69) is 0 Å². The molecule has 44 heavy (non-hydrogen) atoms. The van der Waals surface area contributed by atoms with Gasteiger partial charge in [0, 0.05) is 54.5 Å². The molecule has 4 aromatic rings. The fourth-order valence-corrected chi connectivity index (χ4v) is 6.92. The molecule has 7 rings (SSSR count). The molecule has 2 bridgehead atoms. The van der Waals surface area contributed by atoms with Gasteiger partial charge in [0.05, 0.1) is 5.39 Å². The van der Waals surface area contributed by atoms with Crippen molar-refractivity contribution in [1.82, 2.24) is 9.47 Å². The van der Waals surface area contributed by atoms with E-state index in [0.29, 0.717) is 54.1 Å². The maximum Gasteiger partial charge on any atom is 0.336 e. The SMILES string of the molecule is CC1(C)CCc2c(cc(OCC(=O)N3CC4CC(C3)c3ccc(N([O-])O)c(=O)n3C4)c3c(-c4ccccc4)cc(=O)oc23)O1. The Bertz CT molecular complexity index is 1900. The Morgan fingerprint density at radius 1 is 1.11 bits per heavy atom. The third kappa shape index (κ3) is 4.91. The molecule has 2 unspecified atom stereocenters. The number of rotatable bonds is 5. The Balaban J connectivity index is 1.21. The summed E-state index contributed by atoms with van der Waals surface area (Å²) in [5.41, 5.74) is 1.65. The standard InChI is InChI=1S/C33H32N3O8/c1-33(2)11-10-22-26(44-33)14-27(30-23(13-29(38)43-31(22)30)20-6-4-3-5-7-20)42-18-28(37)34-15-19-12-21(17-34)24-8-9-25(36(40)41)32(39)35(24)16-19/h3-9,13-14,19,21,40H,10-12,15-18H2,1-2H3/q-1. The number of benzene rings is 2. The van der Waals surface area contributed by atoms with Gasteiger partial charge in [-0.1, -0.05) is 30.3 Å². The van der Waals surface area contributed by atoms with E-state index in [1.807, 2.05) is 44.2 Å². The predicted octanol–water partition coefficient (Wildman–Crippen LogP) is 4.44. The molecule has 3 aliphatic rings. The number of pyridine rings is 1. The van der Waals surface area contributed by atoms with Crippen molar-refractivity contribution in [1.29, 1.82) is 0 Å². The van der Waals surface area contributed by atoms with E-state index >= 15 is 0 Å². The number of amides is 1. The van der Waals surface area contributed by atoms with Gasteiger partial charge in [-0.15, -0.1) is 0 Å². The minimum atomic E-state index is -0.539. The molecule has 0 radical (unpaired) electrons. The third-order valence-corrected chi connectivity index (χ3v) is 8.98. The summed E-state index contributed by atoms with van der Waals surface area (Å²) < 4.78 is 19.9. The Morgan fingerprint density at radius 3 is 2.68 bits per heavy atom. The summed E-state index contributed by atoms with van der Waals surface area (Å²) in [5.74, 6) is 0.666. The lowest BCUT2D eigenvalue weighted by Gasteiger charge is -2.43. The fraction of sp³-hybridized carbons (Fsp3) is 0.364. The molecule has 228 valence electrons. The van der Waals surface area contributed by atoms with E-state index in [1.165, 1.54) is 16.7 Å². The molecule has 11 heteroatoms. The number of carbonyl (C=O) groups is 1. The van der Waals surface area contributed by atoms with Crippen molar-refractivity contribution in [3.63, 3.8) is 0 Å². The number of carbonyl (C=O) groups excluding carboxylic acids is 1. The first-order valence-corrected chi connectivity index (χ1v) is 14.8. The van der Waals surface area contributed by atoms with Crippen LogP contribution in [-0.2, 0) is 17.8 Å². The molecule has 2 atom stereocenters. The van der Waals surface area contributed by atoms with E-state index < -0.39 is 22.0 Å². The Labute approximate surface area is 252 Å². The largest absolute Gasteiger partial charge is 0.733 e. The van der Waals surface area contributed by atoms with E-state index in [4.69, 9.17) is 13.9 Å². The molecular formula is C33H32N3O8-. The van der Waals surface area contributed by atoms with Crippen molar-refractivity contribution in [2.75, 3.05) is 24.9 Å². The van der Waals surface area contributed by atoms with Crippen LogP contribution in [0.3, 0.4) is 0 Å². The van der Waals surface area contributed by atoms with Gasteiger partial charge in [-0.05, 0) is 56.7 Å². The van der Waals surface area contributed by atoms with Crippen LogP contribution in [0.25, 0.3) is 22.1 Å². The summed E-state index contributed by atoms with van der Waals surface area (Å²) in [5, 5.41) is 20.9. The van der Waals surface area contributed by atoms with Crippen LogP contribution in [-0.4, -0.2) is 45.9 Å². The van der Waals surface area contributed by atoms with Gasteiger partial charge >= 0.3 is 5.63 Å². The smallest absolute Gasteiger partial charge is 0.336 e. The highest BCUT2D eigenvalue weighted by molar-refractivity contribution is 6.00. The third-order valence-electron chi connectivity index (χ3n) is 8.98. The van der Waals surface area contributed by atoms with Crippen molar-refractivity contribution >= 4 is 22.6 Å². The number of hydrogen-bond donors (Lipinski definition) is 1. The topological polar surface area (TPSA) is 138 Å². The second-order valence-electron chi connectivity index (χ2n) is 12.5. The van der Waals surface area contributed by atoms with Crippen molar-refractivity contribution in [3.8, 4) is 22.6 Å². The zero-order valence-electron chi connectivity index (χ0n) is 24.4. The van der Waals surface area contributed by atoms with Crippen LogP contribution in [0.2, 0.25) is 0 Å². The molecule has 11 nitrogen and oxygen atoms in total. The van der Waals surface area contributed by atoms with E-state index in [0.717, 1.165) is 29.7 Å². The normalized spacial score (nSPS) is 20.0. The second-order valence-corrected chi connectivity index (χ2v) is 12.5. The van der Waals surface area contributed by atoms with Crippen LogP contribution in [0.4, 0.5) is 5.69 Å². The maximum atomic E-state index is 13.6. The highest BCUT2D eigenvalue weighted by Gasteiger charge is 2.37. The van der Waals surface area contributed by atoms with Gasteiger partial charge in [-0.2, -0.15) is 0 Å². The van der Waals surface area contributed by atoms with Gasteiger partial charge < -0.3 is 33.8 Å². The van der Waals surface area contributed by atoms with Crippen molar-refractivity contribution in [3.05, 3.63) is 91.8 Å². The molecule has 0 saturated carbocycles. The van der Waals surface area contributed by atoms with Gasteiger partial charge in [0.25, 0.3) is 11.5 Å². The molecule has 1 N–H and O–H groups in total. The average molecular weight is 599 g/mol. The Morgan fingerprint density at radius 2 is 1.91 bits per heavy atom. The molecule has 1 amide bonds. The Hall–Kier alpha value is -4.61. The number of anilines is 1. The van der Waals surface area contributed by atoms with Crippen LogP contribution < -0.4 is 25.9 Å². The highest BCUT2D eigenvalue weighted by atomic mass is 16.8. The van der Waals surface area contributed by atoms with Crippen molar-refractivity contribution in [2.24, 2.45) is 5.92 Å². The van der Waals surface area contributed by atoms with Gasteiger partial charge in [0.15, 0.2) is 6.61 Å². The molecule has 2 aromatic carbocycles. The molecule has 3 aliphatic heterocycles. The molecule has 1 fully saturated rings. The van der Waals surface area contributed by atoms with Crippen molar-refractivity contribution < 1.29 is 23.9 Å².